The van der Waals surface area contributed by atoms with Crippen molar-refractivity contribution in [2.24, 2.45) is 0 Å². The molecule has 88 valence electrons. The van der Waals surface area contributed by atoms with E-state index in [0.717, 1.165) is 5.69 Å². The van der Waals surface area contributed by atoms with Gasteiger partial charge in [-0.25, -0.2) is 9.37 Å². The summed E-state index contributed by atoms with van der Waals surface area (Å²) in [6, 6.07) is 4.81. The molecule has 0 spiro atoms. The molecule has 0 aliphatic heterocycles. The molecule has 1 aromatic heterocycles. The average Bonchev–Trinajstić information content (AvgIpc) is 2.78. The van der Waals surface area contributed by atoms with Crippen molar-refractivity contribution >= 4 is 21.9 Å². The van der Waals surface area contributed by atoms with Crippen LogP contribution in [0.4, 0.5) is 10.3 Å². The predicted octanol–water partition coefficient (Wildman–Crippen LogP) is 3.37. The number of imidazole rings is 1. The summed E-state index contributed by atoms with van der Waals surface area (Å²) in [4.78, 5) is 4.18. The van der Waals surface area contributed by atoms with Crippen LogP contribution >= 0.6 is 15.9 Å². The summed E-state index contributed by atoms with van der Waals surface area (Å²) >= 11 is 3.16. The molecule has 1 heterocycles. The lowest BCUT2D eigenvalue weighted by molar-refractivity contribution is 0.620. The molecule has 0 aliphatic rings. The van der Waals surface area contributed by atoms with Crippen molar-refractivity contribution in [3.63, 3.8) is 0 Å². The molecule has 0 aliphatic carbocycles. The van der Waals surface area contributed by atoms with Gasteiger partial charge in [0.2, 0.25) is 5.95 Å². The molecule has 5 heteroatoms. The number of aromatic nitrogens is 2. The minimum absolute atomic E-state index is 0.283. The summed E-state index contributed by atoms with van der Waals surface area (Å²) in [5.74, 6) is 0.415. The van der Waals surface area contributed by atoms with E-state index < -0.39 is 0 Å². The van der Waals surface area contributed by atoms with Gasteiger partial charge in [-0.1, -0.05) is 6.08 Å². The molecule has 3 nitrogen and oxygen atoms in total. The largest absolute Gasteiger partial charge is 0.352 e. The number of hydrogen-bond donors (Lipinski definition) is 1. The van der Waals surface area contributed by atoms with E-state index in [0.29, 0.717) is 17.0 Å². The first-order valence-corrected chi connectivity index (χ1v) is 5.85. The molecule has 17 heavy (non-hydrogen) atoms. The average molecular weight is 296 g/mol. The van der Waals surface area contributed by atoms with Crippen LogP contribution < -0.4 is 5.32 Å². The van der Waals surface area contributed by atoms with E-state index in [1.165, 1.54) is 6.07 Å². The first kappa shape index (κ1) is 11.9. The molecular weight excluding hydrogens is 285 g/mol. The summed E-state index contributed by atoms with van der Waals surface area (Å²) in [7, 11) is 0. The van der Waals surface area contributed by atoms with Gasteiger partial charge in [-0.3, -0.25) is 4.57 Å². The van der Waals surface area contributed by atoms with Gasteiger partial charge in [0.1, 0.15) is 5.82 Å². The fourth-order valence-corrected chi connectivity index (χ4v) is 1.81. The third kappa shape index (κ3) is 2.55. The Morgan fingerprint density at radius 2 is 2.35 bits per heavy atom. The van der Waals surface area contributed by atoms with Crippen molar-refractivity contribution in [3.05, 3.63) is 53.5 Å². The van der Waals surface area contributed by atoms with E-state index in [1.54, 1.807) is 24.4 Å². The molecule has 2 aromatic rings. The van der Waals surface area contributed by atoms with Crippen LogP contribution in [-0.2, 0) is 0 Å². The fourth-order valence-electron chi connectivity index (χ4n) is 1.44. The van der Waals surface area contributed by atoms with Gasteiger partial charge < -0.3 is 5.32 Å². The number of benzene rings is 1. The van der Waals surface area contributed by atoms with Gasteiger partial charge in [-0.05, 0) is 34.1 Å². The van der Waals surface area contributed by atoms with Gasteiger partial charge in [0.15, 0.2) is 0 Å². The molecule has 0 amide bonds. The van der Waals surface area contributed by atoms with Gasteiger partial charge in [-0.2, -0.15) is 0 Å². The lowest BCUT2D eigenvalue weighted by Gasteiger charge is -2.09. The highest BCUT2D eigenvalue weighted by Gasteiger charge is 2.06. The van der Waals surface area contributed by atoms with Crippen molar-refractivity contribution in [2.45, 2.75) is 0 Å². The van der Waals surface area contributed by atoms with Crippen LogP contribution in [-0.4, -0.2) is 16.1 Å². The topological polar surface area (TPSA) is 29.9 Å². The second kappa shape index (κ2) is 5.14. The first-order valence-electron chi connectivity index (χ1n) is 5.06. The molecule has 0 atom stereocenters. The maximum absolute atomic E-state index is 13.1. The Kier molecular flexibility index (Phi) is 3.58. The SMILES string of the molecule is C=CCNc1nccn1-c1ccc(F)c(Br)c1. The highest BCUT2D eigenvalue weighted by Crippen LogP contribution is 2.21. The van der Waals surface area contributed by atoms with E-state index in [9.17, 15) is 4.39 Å². The van der Waals surface area contributed by atoms with Crippen molar-refractivity contribution in [3.8, 4) is 5.69 Å². The highest BCUT2D eigenvalue weighted by molar-refractivity contribution is 9.10. The number of rotatable bonds is 4. The molecule has 0 fully saturated rings. The van der Waals surface area contributed by atoms with Crippen LogP contribution in [0.25, 0.3) is 5.69 Å². The number of anilines is 1. The number of halogens is 2. The Bertz CT molecular complexity index is 536. The molecule has 1 N–H and O–H groups in total. The van der Waals surface area contributed by atoms with Gasteiger partial charge in [0, 0.05) is 24.6 Å². The Labute approximate surface area is 107 Å². The van der Waals surface area contributed by atoms with Crippen LogP contribution in [0.5, 0.6) is 0 Å². The number of nitrogens with zero attached hydrogens (tertiary/aromatic N) is 2. The summed E-state index contributed by atoms with van der Waals surface area (Å²) in [6.45, 7) is 4.26. The summed E-state index contributed by atoms with van der Waals surface area (Å²) in [5, 5.41) is 3.10. The summed E-state index contributed by atoms with van der Waals surface area (Å²) in [6.07, 6.45) is 5.24. The van der Waals surface area contributed by atoms with E-state index in [1.807, 2.05) is 10.8 Å². The molecule has 0 bridgehead atoms. The maximum atomic E-state index is 13.1. The Morgan fingerprint density at radius 1 is 1.53 bits per heavy atom. The molecule has 0 unspecified atom stereocenters. The third-order valence-electron chi connectivity index (χ3n) is 2.23. The van der Waals surface area contributed by atoms with Crippen LogP contribution in [0, 0.1) is 5.82 Å². The van der Waals surface area contributed by atoms with E-state index in [4.69, 9.17) is 0 Å². The monoisotopic (exact) mass is 295 g/mol. The van der Waals surface area contributed by atoms with Gasteiger partial charge in [0.25, 0.3) is 0 Å². The molecular formula is C12H11BrFN3. The minimum Gasteiger partial charge on any atom is -0.352 e. The van der Waals surface area contributed by atoms with E-state index >= 15 is 0 Å². The van der Waals surface area contributed by atoms with Crippen LogP contribution in [0.1, 0.15) is 0 Å². The van der Waals surface area contributed by atoms with E-state index in [2.05, 4.69) is 32.8 Å². The Balaban J connectivity index is 2.35. The lowest BCUT2D eigenvalue weighted by atomic mass is 10.3. The zero-order valence-corrected chi connectivity index (χ0v) is 10.6. The summed E-state index contributed by atoms with van der Waals surface area (Å²) < 4.78 is 15.4. The van der Waals surface area contributed by atoms with Crippen LogP contribution in [0.15, 0.2) is 47.7 Å². The Hall–Kier alpha value is -1.62. The quantitative estimate of drug-likeness (QED) is 0.877. The first-order chi connectivity index (χ1) is 8.22. The molecule has 1 aromatic carbocycles. The number of nitrogens with one attached hydrogen (secondary N) is 1. The summed E-state index contributed by atoms with van der Waals surface area (Å²) in [5.41, 5.74) is 0.835. The minimum atomic E-state index is -0.283. The van der Waals surface area contributed by atoms with Crippen LogP contribution in [0.2, 0.25) is 0 Å². The zero-order chi connectivity index (χ0) is 12.3. The van der Waals surface area contributed by atoms with E-state index in [-0.39, 0.29) is 5.82 Å². The smallest absolute Gasteiger partial charge is 0.207 e. The van der Waals surface area contributed by atoms with Crippen molar-refractivity contribution in [1.29, 1.82) is 0 Å². The van der Waals surface area contributed by atoms with Crippen molar-refractivity contribution < 1.29 is 4.39 Å². The molecule has 2 rings (SSSR count). The molecule has 0 radical (unpaired) electrons. The van der Waals surface area contributed by atoms with Crippen molar-refractivity contribution in [1.82, 2.24) is 9.55 Å². The number of hydrogen-bond acceptors (Lipinski definition) is 2. The molecule has 0 saturated heterocycles. The second-order valence-electron chi connectivity index (χ2n) is 3.39. The zero-order valence-electron chi connectivity index (χ0n) is 9.03. The molecule has 0 saturated carbocycles. The maximum Gasteiger partial charge on any atom is 0.207 e. The fraction of sp³-hybridized carbons (Fsp3) is 0.0833. The normalized spacial score (nSPS) is 10.2. The van der Waals surface area contributed by atoms with Gasteiger partial charge >= 0.3 is 0 Å². The van der Waals surface area contributed by atoms with Crippen LogP contribution in [0.3, 0.4) is 0 Å². The third-order valence-corrected chi connectivity index (χ3v) is 2.83. The van der Waals surface area contributed by atoms with Crippen molar-refractivity contribution in [2.75, 3.05) is 11.9 Å². The highest BCUT2D eigenvalue weighted by atomic mass is 79.9. The van der Waals surface area contributed by atoms with Gasteiger partial charge in [0.05, 0.1) is 4.47 Å². The standard InChI is InChI=1S/C12H11BrFN3/c1-2-5-15-12-16-6-7-17(12)9-3-4-11(14)10(13)8-9/h2-4,6-8H,1,5H2,(H,15,16). The second-order valence-corrected chi connectivity index (χ2v) is 4.24. The Morgan fingerprint density at radius 3 is 3.06 bits per heavy atom. The predicted molar refractivity (Wildman–Crippen MR) is 69.9 cm³/mol. The lowest BCUT2D eigenvalue weighted by Crippen LogP contribution is -2.05. The van der Waals surface area contributed by atoms with Gasteiger partial charge in [-0.15, -0.1) is 6.58 Å².